The van der Waals surface area contributed by atoms with Crippen molar-refractivity contribution >= 4 is 17.4 Å². The van der Waals surface area contributed by atoms with Crippen molar-refractivity contribution < 1.29 is 4.74 Å². The molecule has 5 heteroatoms. The Kier molecular flexibility index (Phi) is 3.34. The third kappa shape index (κ3) is 2.04. The molecule has 2 aromatic rings. The van der Waals surface area contributed by atoms with E-state index in [-0.39, 0.29) is 6.04 Å². The number of ether oxygens (including phenoxy) is 1. The molecule has 0 fully saturated rings. The van der Waals surface area contributed by atoms with E-state index in [2.05, 4.69) is 17.2 Å². The molecule has 0 radical (unpaired) electrons. The maximum absolute atomic E-state index is 6.16. The Morgan fingerprint density at radius 3 is 2.90 bits per heavy atom. The summed E-state index contributed by atoms with van der Waals surface area (Å²) in [4.78, 5) is 0. The molecular weight excluding hydrogens is 274 g/mol. The Hall–Kier alpha value is -1.68. The summed E-state index contributed by atoms with van der Waals surface area (Å²) < 4.78 is 7.16. The van der Waals surface area contributed by atoms with Crippen LogP contribution in [-0.2, 0) is 6.42 Å². The third-order valence-corrected chi connectivity index (χ3v) is 4.44. The van der Waals surface area contributed by atoms with Crippen molar-refractivity contribution in [3.05, 3.63) is 40.0 Å². The first-order valence-corrected chi connectivity index (χ1v) is 7.16. The smallest absolute Gasteiger partial charge is 0.141 e. The summed E-state index contributed by atoms with van der Waals surface area (Å²) in [6, 6.07) is 6.37. The van der Waals surface area contributed by atoms with Gasteiger partial charge in [-0.25, -0.2) is 4.68 Å². The molecule has 2 N–H and O–H groups in total. The molecule has 0 saturated heterocycles. The molecule has 1 aromatic carbocycles. The molecule has 3 rings (SSSR count). The molecule has 1 atom stereocenters. The molecule has 106 valence electrons. The van der Waals surface area contributed by atoms with Crippen molar-refractivity contribution in [2.24, 2.45) is 0 Å². The number of anilines is 1. The highest BCUT2D eigenvalue weighted by molar-refractivity contribution is 6.33. The molecule has 0 amide bonds. The zero-order valence-electron chi connectivity index (χ0n) is 11.7. The lowest BCUT2D eigenvalue weighted by atomic mass is 9.87. The van der Waals surface area contributed by atoms with Gasteiger partial charge in [0.25, 0.3) is 0 Å². The highest BCUT2D eigenvalue weighted by atomic mass is 35.5. The van der Waals surface area contributed by atoms with Crippen LogP contribution in [0.5, 0.6) is 5.75 Å². The van der Waals surface area contributed by atoms with E-state index in [1.54, 1.807) is 7.11 Å². The van der Waals surface area contributed by atoms with Crippen LogP contribution in [0.1, 0.15) is 35.7 Å². The Bertz CT molecular complexity index is 651. The highest BCUT2D eigenvalue weighted by Gasteiger charge is 2.25. The van der Waals surface area contributed by atoms with Crippen LogP contribution in [0.3, 0.4) is 0 Å². The predicted octanol–water partition coefficient (Wildman–Crippen LogP) is 3.36. The van der Waals surface area contributed by atoms with Crippen LogP contribution in [0.2, 0.25) is 5.02 Å². The van der Waals surface area contributed by atoms with Crippen LogP contribution in [0, 0.1) is 6.92 Å². The summed E-state index contributed by atoms with van der Waals surface area (Å²) in [7, 11) is 1.69. The Morgan fingerprint density at radius 1 is 1.45 bits per heavy atom. The molecule has 1 aliphatic rings. The van der Waals surface area contributed by atoms with E-state index in [4.69, 9.17) is 22.1 Å². The van der Waals surface area contributed by atoms with Gasteiger partial charge in [0, 0.05) is 0 Å². The number of benzene rings is 1. The zero-order chi connectivity index (χ0) is 14.3. The average Bonchev–Trinajstić information content (AvgIpc) is 2.73. The summed E-state index contributed by atoms with van der Waals surface area (Å²) in [5, 5.41) is 5.06. The van der Waals surface area contributed by atoms with Gasteiger partial charge in [-0.3, -0.25) is 0 Å². The summed E-state index contributed by atoms with van der Waals surface area (Å²) in [6.45, 7) is 1.88. The number of hydrogen-bond acceptors (Lipinski definition) is 3. The second-order valence-corrected chi connectivity index (χ2v) is 5.58. The van der Waals surface area contributed by atoms with Gasteiger partial charge in [0.1, 0.15) is 16.6 Å². The van der Waals surface area contributed by atoms with Crippen LogP contribution in [0.15, 0.2) is 18.2 Å². The Balaban J connectivity index is 2.07. The zero-order valence-corrected chi connectivity index (χ0v) is 12.4. The van der Waals surface area contributed by atoms with E-state index in [0.29, 0.717) is 10.8 Å². The van der Waals surface area contributed by atoms with Gasteiger partial charge in [-0.1, -0.05) is 17.7 Å². The first kappa shape index (κ1) is 13.3. The van der Waals surface area contributed by atoms with E-state index in [1.807, 2.05) is 17.7 Å². The van der Waals surface area contributed by atoms with Crippen molar-refractivity contribution in [2.75, 3.05) is 12.8 Å². The van der Waals surface area contributed by atoms with E-state index in [0.717, 1.165) is 30.7 Å². The van der Waals surface area contributed by atoms with Crippen molar-refractivity contribution in [3.63, 3.8) is 0 Å². The van der Waals surface area contributed by atoms with Gasteiger partial charge in [-0.2, -0.15) is 5.10 Å². The molecule has 20 heavy (non-hydrogen) atoms. The van der Waals surface area contributed by atoms with Gasteiger partial charge < -0.3 is 10.5 Å². The fourth-order valence-electron chi connectivity index (χ4n) is 2.93. The molecular formula is C15H18ClN3O. The molecule has 0 aliphatic heterocycles. The fourth-order valence-corrected chi connectivity index (χ4v) is 3.05. The number of fused-ring (bicyclic) bond motifs is 1. The third-order valence-electron chi connectivity index (χ3n) is 3.98. The van der Waals surface area contributed by atoms with Crippen molar-refractivity contribution in [1.29, 1.82) is 0 Å². The largest absolute Gasteiger partial charge is 0.497 e. The lowest BCUT2D eigenvalue weighted by molar-refractivity contribution is 0.410. The second kappa shape index (κ2) is 5.02. The van der Waals surface area contributed by atoms with Crippen molar-refractivity contribution in [1.82, 2.24) is 9.78 Å². The maximum atomic E-state index is 6.16. The van der Waals surface area contributed by atoms with Gasteiger partial charge in [0.2, 0.25) is 0 Å². The van der Waals surface area contributed by atoms with Gasteiger partial charge in [0.15, 0.2) is 0 Å². The van der Waals surface area contributed by atoms with E-state index < -0.39 is 0 Å². The topological polar surface area (TPSA) is 53.1 Å². The maximum Gasteiger partial charge on any atom is 0.141 e. The highest BCUT2D eigenvalue weighted by Crippen LogP contribution is 2.37. The van der Waals surface area contributed by atoms with Gasteiger partial charge >= 0.3 is 0 Å². The number of rotatable bonds is 2. The van der Waals surface area contributed by atoms with E-state index in [9.17, 15) is 0 Å². The van der Waals surface area contributed by atoms with Crippen molar-refractivity contribution in [3.8, 4) is 5.75 Å². The van der Waals surface area contributed by atoms with Crippen LogP contribution >= 0.6 is 11.6 Å². The molecule has 0 bridgehead atoms. The van der Waals surface area contributed by atoms with Crippen molar-refractivity contribution in [2.45, 2.75) is 32.2 Å². The number of aryl methyl sites for hydroxylation is 2. The standard InChI is InChI=1S/C15H18ClN3O/c1-9-14(16)15(17)19(18-9)13-5-3-4-10-8-11(20-2)6-7-12(10)13/h6-8,13H,3-5,17H2,1-2H3. The minimum atomic E-state index is 0.163. The number of methoxy groups -OCH3 is 1. The molecule has 1 heterocycles. The first-order chi connectivity index (χ1) is 9.61. The monoisotopic (exact) mass is 291 g/mol. The van der Waals surface area contributed by atoms with Gasteiger partial charge in [-0.15, -0.1) is 0 Å². The van der Waals surface area contributed by atoms with Crippen LogP contribution in [0.25, 0.3) is 0 Å². The van der Waals surface area contributed by atoms with Crippen LogP contribution in [0.4, 0.5) is 5.82 Å². The SMILES string of the molecule is COc1ccc2c(c1)CCCC2n1nc(C)c(Cl)c1N. The molecule has 0 spiro atoms. The molecule has 1 unspecified atom stereocenters. The van der Waals surface area contributed by atoms with Crippen LogP contribution in [-0.4, -0.2) is 16.9 Å². The summed E-state index contributed by atoms with van der Waals surface area (Å²) in [6.07, 6.45) is 3.21. The first-order valence-electron chi connectivity index (χ1n) is 6.78. The lowest BCUT2D eigenvalue weighted by Crippen LogP contribution is -2.20. The number of nitrogen functional groups attached to an aromatic ring is 1. The molecule has 1 aliphatic carbocycles. The summed E-state index contributed by atoms with van der Waals surface area (Å²) in [5.74, 6) is 1.45. The minimum absolute atomic E-state index is 0.163. The number of aromatic nitrogens is 2. The normalized spacial score (nSPS) is 17.9. The quantitative estimate of drug-likeness (QED) is 0.923. The minimum Gasteiger partial charge on any atom is -0.497 e. The second-order valence-electron chi connectivity index (χ2n) is 5.20. The lowest BCUT2D eigenvalue weighted by Gasteiger charge is -2.27. The molecule has 1 aromatic heterocycles. The average molecular weight is 292 g/mol. The number of hydrogen-bond donors (Lipinski definition) is 1. The fraction of sp³-hybridized carbons (Fsp3) is 0.400. The number of nitrogens with two attached hydrogens (primary N) is 1. The van der Waals surface area contributed by atoms with Gasteiger partial charge in [-0.05, 0) is 49.4 Å². The number of halogens is 1. The molecule has 4 nitrogen and oxygen atoms in total. The summed E-state index contributed by atoms with van der Waals surface area (Å²) in [5.41, 5.74) is 9.45. The summed E-state index contributed by atoms with van der Waals surface area (Å²) >= 11 is 6.16. The van der Waals surface area contributed by atoms with E-state index >= 15 is 0 Å². The van der Waals surface area contributed by atoms with E-state index in [1.165, 1.54) is 11.1 Å². The Labute approximate surface area is 123 Å². The predicted molar refractivity (Wildman–Crippen MR) is 80.5 cm³/mol. The number of nitrogens with zero attached hydrogens (tertiary/aromatic N) is 2. The Morgan fingerprint density at radius 2 is 2.25 bits per heavy atom. The molecule has 0 saturated carbocycles. The van der Waals surface area contributed by atoms with Crippen LogP contribution < -0.4 is 10.5 Å². The van der Waals surface area contributed by atoms with Gasteiger partial charge in [0.05, 0.1) is 18.8 Å².